The first-order valence-electron chi connectivity index (χ1n) is 8.42. The largest absolute Gasteiger partial charge is 0.481 e. The molecule has 1 aliphatic rings. The third-order valence-electron chi connectivity index (χ3n) is 4.69. The number of para-hydroxylation sites is 1. The van der Waals surface area contributed by atoms with Crippen molar-refractivity contribution in [3.63, 3.8) is 0 Å². The summed E-state index contributed by atoms with van der Waals surface area (Å²) < 4.78 is 40.7. The van der Waals surface area contributed by atoms with Crippen molar-refractivity contribution in [3.05, 3.63) is 48.3 Å². The topological polar surface area (TPSA) is 75.4 Å². The number of carbonyl (C=O) groups excluding carboxylic acids is 1. The van der Waals surface area contributed by atoms with E-state index in [4.69, 9.17) is 5.11 Å². The van der Waals surface area contributed by atoms with Crippen molar-refractivity contribution < 1.29 is 27.9 Å². The summed E-state index contributed by atoms with van der Waals surface area (Å²) in [6, 6.07) is 9.35. The first kappa shape index (κ1) is 18.9. The maximum Gasteiger partial charge on any atom is 0.394 e. The molecule has 144 valence electrons. The molecule has 9 heteroatoms. The average molecular weight is 381 g/mol. The Kier molecular flexibility index (Phi) is 5.20. The molecule has 1 amide bonds. The summed E-state index contributed by atoms with van der Waals surface area (Å²) in [4.78, 5) is 24.4. The molecule has 1 aromatic carbocycles. The van der Waals surface area contributed by atoms with Gasteiger partial charge in [-0.2, -0.15) is 18.3 Å². The van der Waals surface area contributed by atoms with Gasteiger partial charge in [-0.3, -0.25) is 9.59 Å². The van der Waals surface area contributed by atoms with Crippen LogP contribution in [0.25, 0.3) is 5.69 Å². The van der Waals surface area contributed by atoms with E-state index >= 15 is 0 Å². The Morgan fingerprint density at radius 3 is 2.48 bits per heavy atom. The molecule has 0 aliphatic carbocycles. The minimum atomic E-state index is -4.64. The number of benzene rings is 1. The van der Waals surface area contributed by atoms with E-state index in [9.17, 15) is 22.8 Å². The Bertz CT molecular complexity index is 820. The van der Waals surface area contributed by atoms with Gasteiger partial charge in [0.25, 0.3) is 0 Å². The van der Waals surface area contributed by atoms with Gasteiger partial charge >= 0.3 is 12.1 Å². The maximum absolute atomic E-state index is 13.0. The molecule has 0 bridgehead atoms. The number of aliphatic carboxylic acids is 1. The number of carboxylic acids is 1. The molecule has 1 aliphatic heterocycles. The fourth-order valence-electron chi connectivity index (χ4n) is 3.21. The van der Waals surface area contributed by atoms with E-state index in [2.05, 4.69) is 5.10 Å². The number of amides is 1. The Hall–Kier alpha value is -2.84. The molecule has 6 nitrogen and oxygen atoms in total. The van der Waals surface area contributed by atoms with Crippen molar-refractivity contribution >= 4 is 11.9 Å². The summed E-state index contributed by atoms with van der Waals surface area (Å²) >= 11 is 0. The highest BCUT2D eigenvalue weighted by Crippen LogP contribution is 2.37. The van der Waals surface area contributed by atoms with Crippen molar-refractivity contribution in [1.82, 2.24) is 14.7 Å². The molecule has 1 aromatic heterocycles. The number of rotatable bonds is 5. The van der Waals surface area contributed by atoms with Crippen LogP contribution in [0.15, 0.2) is 42.7 Å². The predicted molar refractivity (Wildman–Crippen MR) is 89.1 cm³/mol. The Morgan fingerprint density at radius 2 is 1.89 bits per heavy atom. The van der Waals surface area contributed by atoms with Crippen LogP contribution in [-0.2, 0) is 16.0 Å². The number of aromatic nitrogens is 2. The minimum absolute atomic E-state index is 0.00258. The predicted octanol–water partition coefficient (Wildman–Crippen LogP) is 2.53. The molecule has 0 spiro atoms. The van der Waals surface area contributed by atoms with Crippen molar-refractivity contribution in [2.45, 2.75) is 19.0 Å². The number of halogens is 3. The zero-order chi connectivity index (χ0) is 19.6. The molecule has 2 atom stereocenters. The summed E-state index contributed by atoms with van der Waals surface area (Å²) in [6.45, 7) is -1.02. The number of alkyl halides is 3. The Morgan fingerprint density at radius 1 is 1.19 bits per heavy atom. The fraction of sp³-hybridized carbons (Fsp3) is 0.389. The molecule has 0 saturated carbocycles. The number of aryl methyl sites for hydroxylation is 1. The first-order valence-corrected chi connectivity index (χ1v) is 8.42. The van der Waals surface area contributed by atoms with Crippen molar-refractivity contribution in [1.29, 1.82) is 0 Å². The smallest absolute Gasteiger partial charge is 0.394 e. The molecule has 1 saturated heterocycles. The molecule has 3 rings (SSSR count). The van der Waals surface area contributed by atoms with Crippen LogP contribution < -0.4 is 0 Å². The van der Waals surface area contributed by atoms with Gasteiger partial charge in [-0.25, -0.2) is 4.68 Å². The van der Waals surface area contributed by atoms with Gasteiger partial charge in [-0.1, -0.05) is 18.2 Å². The van der Waals surface area contributed by atoms with Crippen LogP contribution in [0, 0.1) is 11.8 Å². The highest BCUT2D eigenvalue weighted by molar-refractivity contribution is 5.79. The number of hydrogen-bond donors (Lipinski definition) is 1. The van der Waals surface area contributed by atoms with Gasteiger partial charge in [0, 0.05) is 25.7 Å². The minimum Gasteiger partial charge on any atom is -0.481 e. The highest BCUT2D eigenvalue weighted by Gasteiger charge is 2.53. The van der Waals surface area contributed by atoms with Gasteiger partial charge in [-0.05, 0) is 24.1 Å². The molecule has 1 fully saturated rings. The second-order valence-corrected chi connectivity index (χ2v) is 6.52. The molecule has 2 aromatic rings. The summed E-state index contributed by atoms with van der Waals surface area (Å²) in [6.07, 6.45) is -0.975. The number of carboxylic acid groups (broad SMARTS) is 1. The van der Waals surface area contributed by atoms with E-state index < -0.39 is 43.0 Å². The summed E-state index contributed by atoms with van der Waals surface area (Å²) in [7, 11) is 0. The molecular weight excluding hydrogens is 363 g/mol. The van der Waals surface area contributed by atoms with Crippen molar-refractivity contribution in [2.75, 3.05) is 13.1 Å². The zero-order valence-corrected chi connectivity index (χ0v) is 14.3. The second-order valence-electron chi connectivity index (χ2n) is 6.52. The summed E-state index contributed by atoms with van der Waals surface area (Å²) in [5.41, 5.74) is 1.63. The standard InChI is InChI=1S/C18H18F3N3O3/c19-18(20,21)15-11-23(10-14(15)17(26)27)16(25)7-6-12-8-22-24(9-12)13-4-2-1-3-5-13/h1-5,8-9,14-15H,6-7,10-11H2,(H,26,27)/t14-,15-/m1/s1. The molecule has 0 unspecified atom stereocenters. The van der Waals surface area contributed by atoms with Gasteiger partial charge < -0.3 is 10.0 Å². The van der Waals surface area contributed by atoms with E-state index in [1.165, 1.54) is 0 Å². The lowest BCUT2D eigenvalue weighted by atomic mass is 9.96. The van der Waals surface area contributed by atoms with E-state index in [0.29, 0.717) is 6.42 Å². The number of hydrogen-bond acceptors (Lipinski definition) is 3. The van der Waals surface area contributed by atoms with Crippen molar-refractivity contribution in [2.24, 2.45) is 11.8 Å². The SMILES string of the molecule is O=C(O)[C@@H]1CN(C(=O)CCc2cnn(-c3ccccc3)c2)C[C@H]1C(F)(F)F. The molecular formula is C18H18F3N3O3. The lowest BCUT2D eigenvalue weighted by molar-refractivity contribution is -0.188. The number of carbonyl (C=O) groups is 2. The lowest BCUT2D eigenvalue weighted by Gasteiger charge is -2.18. The highest BCUT2D eigenvalue weighted by atomic mass is 19.4. The first-order chi connectivity index (χ1) is 12.8. The Balaban J connectivity index is 1.60. The average Bonchev–Trinajstić information content (AvgIpc) is 3.27. The monoisotopic (exact) mass is 381 g/mol. The number of likely N-dealkylation sites (tertiary alicyclic amines) is 1. The van der Waals surface area contributed by atoms with Crippen LogP contribution in [0.4, 0.5) is 13.2 Å². The van der Waals surface area contributed by atoms with Gasteiger partial charge in [0.15, 0.2) is 0 Å². The van der Waals surface area contributed by atoms with Gasteiger partial charge in [-0.15, -0.1) is 0 Å². The second kappa shape index (κ2) is 7.42. The molecule has 0 radical (unpaired) electrons. The van der Waals surface area contributed by atoms with E-state index in [0.717, 1.165) is 16.2 Å². The summed E-state index contributed by atoms with van der Waals surface area (Å²) in [5, 5.41) is 13.2. The molecule has 1 N–H and O–H groups in total. The lowest BCUT2D eigenvalue weighted by Crippen LogP contribution is -2.34. The maximum atomic E-state index is 13.0. The normalized spacial score (nSPS) is 20.0. The Labute approximate surface area is 153 Å². The molecule has 27 heavy (non-hydrogen) atoms. The number of nitrogens with zero attached hydrogens (tertiary/aromatic N) is 3. The quantitative estimate of drug-likeness (QED) is 0.864. The fourth-order valence-corrected chi connectivity index (χ4v) is 3.21. The van der Waals surface area contributed by atoms with Gasteiger partial charge in [0.2, 0.25) is 5.91 Å². The van der Waals surface area contributed by atoms with Crippen molar-refractivity contribution in [3.8, 4) is 5.69 Å². The van der Waals surface area contributed by atoms with Gasteiger partial charge in [0.1, 0.15) is 0 Å². The van der Waals surface area contributed by atoms with Crippen LogP contribution >= 0.6 is 0 Å². The van der Waals surface area contributed by atoms with Crippen LogP contribution in [0.2, 0.25) is 0 Å². The van der Waals surface area contributed by atoms with Crippen LogP contribution in [0.5, 0.6) is 0 Å². The third kappa shape index (κ3) is 4.29. The zero-order valence-electron chi connectivity index (χ0n) is 14.3. The van der Waals surface area contributed by atoms with Crippen LogP contribution in [0.3, 0.4) is 0 Å². The van der Waals surface area contributed by atoms with E-state index in [1.807, 2.05) is 30.3 Å². The van der Waals surface area contributed by atoms with Crippen LogP contribution in [-0.4, -0.2) is 50.9 Å². The summed E-state index contributed by atoms with van der Waals surface area (Å²) in [5.74, 6) is -5.66. The van der Waals surface area contributed by atoms with E-state index in [1.54, 1.807) is 17.1 Å². The molecule has 2 heterocycles. The van der Waals surface area contributed by atoms with Gasteiger partial charge in [0.05, 0.1) is 23.7 Å². The van der Waals surface area contributed by atoms with E-state index in [-0.39, 0.29) is 6.42 Å². The van der Waals surface area contributed by atoms with Crippen LogP contribution in [0.1, 0.15) is 12.0 Å². The third-order valence-corrected chi connectivity index (χ3v) is 4.69.